The molecule has 7 heteroatoms. The molecular weight excluding hydrogens is 277 g/mol. The molecule has 0 bridgehead atoms. The number of aromatic nitrogens is 2. The normalized spacial score (nSPS) is 14.7. The molecule has 0 spiro atoms. The Morgan fingerprint density at radius 2 is 2.15 bits per heavy atom. The minimum absolute atomic E-state index is 0.132. The number of rotatable bonds is 4. The van der Waals surface area contributed by atoms with Crippen LogP contribution in [0.15, 0.2) is 34.9 Å². The second kappa shape index (κ2) is 5.61. The Morgan fingerprint density at radius 1 is 1.45 bits per heavy atom. The van der Waals surface area contributed by atoms with Crippen LogP contribution in [0.5, 0.6) is 0 Å². The molecule has 0 radical (unpaired) electrons. The van der Waals surface area contributed by atoms with Crippen LogP contribution in [-0.4, -0.2) is 22.9 Å². The van der Waals surface area contributed by atoms with Crippen molar-refractivity contribution >= 4 is 24.5 Å². The Bertz CT molecular complexity index is 767. The van der Waals surface area contributed by atoms with Crippen molar-refractivity contribution in [1.82, 2.24) is 9.66 Å². The lowest BCUT2D eigenvalue weighted by Crippen LogP contribution is -2.30. The molecule has 0 fully saturated rings. The van der Waals surface area contributed by atoms with Gasteiger partial charge in [0.1, 0.15) is 5.69 Å². The highest BCUT2D eigenvalue weighted by Gasteiger charge is 2.11. The van der Waals surface area contributed by atoms with E-state index < -0.39 is 12.9 Å². The molecule has 0 saturated carbocycles. The summed E-state index contributed by atoms with van der Waals surface area (Å²) in [6.07, 6.45) is 1.40. The molecule has 0 amide bonds. The number of nitrogens with zero attached hydrogens (tertiary/aromatic N) is 2. The molecule has 106 valence electrons. The van der Waals surface area contributed by atoms with E-state index in [0.29, 0.717) is 17.6 Å². The van der Waals surface area contributed by atoms with Crippen LogP contribution in [0.25, 0.3) is 17.1 Å². The van der Waals surface area contributed by atoms with Gasteiger partial charge in [0.15, 0.2) is 0 Å². The zero-order chi connectivity index (χ0) is 14.8. The molecular formula is C13H16N3O3P. The van der Waals surface area contributed by atoms with Gasteiger partial charge in [-0.2, -0.15) is 0 Å². The Morgan fingerprint density at radius 3 is 2.85 bits per heavy atom. The molecule has 20 heavy (non-hydrogen) atoms. The first-order chi connectivity index (χ1) is 9.44. The average Bonchev–Trinajstić information content (AvgIpc) is 2.41. The summed E-state index contributed by atoms with van der Waals surface area (Å²) in [6, 6.07) is 7.04. The van der Waals surface area contributed by atoms with E-state index in [2.05, 4.69) is 4.98 Å². The summed E-state index contributed by atoms with van der Waals surface area (Å²) in [6.45, 7) is 3.57. The van der Waals surface area contributed by atoms with E-state index in [-0.39, 0.29) is 5.69 Å². The Balaban J connectivity index is 2.51. The molecule has 1 atom stereocenters. The molecule has 1 heterocycles. The summed E-state index contributed by atoms with van der Waals surface area (Å²) in [5.74, 6) is 7.12. The second-order valence-corrected chi connectivity index (χ2v) is 6.68. The maximum absolute atomic E-state index is 12.1. The fraction of sp³-hybridized carbons (Fsp3) is 0.231. The van der Waals surface area contributed by atoms with Gasteiger partial charge < -0.3 is 10.4 Å². The van der Waals surface area contributed by atoms with Crippen molar-refractivity contribution in [3.63, 3.8) is 0 Å². The van der Waals surface area contributed by atoms with Crippen molar-refractivity contribution in [3.05, 3.63) is 46.1 Å². The molecule has 0 saturated heterocycles. The highest BCUT2D eigenvalue weighted by molar-refractivity contribution is 7.61. The standard InChI is InChI=1S/C13H16N3O3P/c1-3-19-20(2,18)9-8-11-13(17)16(14)12-7-5-4-6-10(12)15-11/h4-9H,3,14H2,1-2H3/b9-8+. The number of nitrogens with two attached hydrogens (primary N) is 1. The quantitative estimate of drug-likeness (QED) is 0.688. The van der Waals surface area contributed by atoms with Gasteiger partial charge in [-0.3, -0.25) is 9.36 Å². The van der Waals surface area contributed by atoms with E-state index >= 15 is 0 Å². The average molecular weight is 293 g/mol. The van der Waals surface area contributed by atoms with E-state index in [4.69, 9.17) is 10.4 Å². The number of benzene rings is 1. The van der Waals surface area contributed by atoms with Crippen LogP contribution >= 0.6 is 7.37 Å². The van der Waals surface area contributed by atoms with Crippen LogP contribution in [0.3, 0.4) is 0 Å². The SMILES string of the molecule is CCOP(C)(=O)/C=C/c1nc2ccccc2n(N)c1=O. The maximum atomic E-state index is 12.1. The monoisotopic (exact) mass is 293 g/mol. The lowest BCUT2D eigenvalue weighted by atomic mass is 10.3. The molecule has 1 aromatic heterocycles. The van der Waals surface area contributed by atoms with Gasteiger partial charge in [0.25, 0.3) is 5.56 Å². The number of hydrogen-bond acceptors (Lipinski definition) is 5. The van der Waals surface area contributed by atoms with Gasteiger partial charge in [-0.1, -0.05) is 12.1 Å². The number of nitrogen functional groups attached to an aromatic ring is 1. The fourth-order valence-corrected chi connectivity index (χ4v) is 2.80. The van der Waals surface area contributed by atoms with E-state index in [1.807, 2.05) is 0 Å². The lowest BCUT2D eigenvalue weighted by Gasteiger charge is -2.07. The molecule has 0 aliphatic heterocycles. The summed E-state index contributed by atoms with van der Waals surface area (Å²) < 4.78 is 18.1. The van der Waals surface area contributed by atoms with E-state index in [1.165, 1.54) is 18.6 Å². The van der Waals surface area contributed by atoms with Crippen molar-refractivity contribution in [2.24, 2.45) is 0 Å². The zero-order valence-corrected chi connectivity index (χ0v) is 12.2. The smallest absolute Gasteiger partial charge is 0.295 e. The first-order valence-corrected chi connectivity index (χ1v) is 8.26. The van der Waals surface area contributed by atoms with Crippen LogP contribution in [0.2, 0.25) is 0 Å². The molecule has 2 rings (SSSR count). The van der Waals surface area contributed by atoms with E-state index in [1.54, 1.807) is 31.2 Å². The summed E-state index contributed by atoms with van der Waals surface area (Å²) in [7, 11) is -2.86. The Labute approximate surface area is 116 Å². The summed E-state index contributed by atoms with van der Waals surface area (Å²) in [5.41, 5.74) is 0.820. The van der Waals surface area contributed by atoms with Gasteiger partial charge in [0.05, 0.1) is 17.6 Å². The van der Waals surface area contributed by atoms with E-state index in [0.717, 1.165) is 4.68 Å². The van der Waals surface area contributed by atoms with Gasteiger partial charge in [0, 0.05) is 12.5 Å². The van der Waals surface area contributed by atoms with Crippen molar-refractivity contribution in [3.8, 4) is 0 Å². The topological polar surface area (TPSA) is 87.2 Å². The van der Waals surface area contributed by atoms with Crippen LogP contribution in [0, 0.1) is 0 Å². The highest BCUT2D eigenvalue weighted by atomic mass is 31.2. The molecule has 0 aliphatic rings. The molecule has 1 aromatic carbocycles. The van der Waals surface area contributed by atoms with Crippen LogP contribution in [0.4, 0.5) is 0 Å². The molecule has 2 aromatic rings. The third kappa shape index (κ3) is 2.98. The van der Waals surface area contributed by atoms with Gasteiger partial charge in [0.2, 0.25) is 7.37 Å². The second-order valence-electron chi connectivity index (χ2n) is 4.30. The summed E-state index contributed by atoms with van der Waals surface area (Å²) in [4.78, 5) is 16.3. The first kappa shape index (κ1) is 14.5. The molecule has 0 aliphatic carbocycles. The summed E-state index contributed by atoms with van der Waals surface area (Å²) in [5, 5.41) is 0. The lowest BCUT2D eigenvalue weighted by molar-refractivity contribution is 0.344. The van der Waals surface area contributed by atoms with Gasteiger partial charge in [-0.25, -0.2) is 9.66 Å². The molecule has 6 nitrogen and oxygen atoms in total. The number of fused-ring (bicyclic) bond motifs is 1. The zero-order valence-electron chi connectivity index (χ0n) is 11.3. The number of hydrogen-bond donors (Lipinski definition) is 1. The van der Waals surface area contributed by atoms with Crippen molar-refractivity contribution in [1.29, 1.82) is 0 Å². The predicted octanol–water partition coefficient (Wildman–Crippen LogP) is 2.03. The van der Waals surface area contributed by atoms with Crippen molar-refractivity contribution < 1.29 is 9.09 Å². The first-order valence-electron chi connectivity index (χ1n) is 6.12. The molecule has 2 N–H and O–H groups in total. The van der Waals surface area contributed by atoms with Crippen LogP contribution in [0.1, 0.15) is 12.6 Å². The third-order valence-electron chi connectivity index (χ3n) is 2.71. The van der Waals surface area contributed by atoms with Crippen molar-refractivity contribution in [2.45, 2.75) is 6.92 Å². The fourth-order valence-electron chi connectivity index (χ4n) is 1.79. The van der Waals surface area contributed by atoms with Crippen molar-refractivity contribution in [2.75, 3.05) is 19.1 Å². The van der Waals surface area contributed by atoms with Crippen LogP contribution in [-0.2, 0) is 9.09 Å². The van der Waals surface area contributed by atoms with Gasteiger partial charge >= 0.3 is 0 Å². The maximum Gasteiger partial charge on any atom is 0.295 e. The largest absolute Gasteiger partial charge is 0.336 e. The number of para-hydroxylation sites is 2. The Kier molecular flexibility index (Phi) is 4.06. The predicted molar refractivity (Wildman–Crippen MR) is 80.3 cm³/mol. The van der Waals surface area contributed by atoms with Crippen LogP contribution < -0.4 is 11.4 Å². The summed E-state index contributed by atoms with van der Waals surface area (Å²) >= 11 is 0. The Hall–Kier alpha value is -1.91. The minimum Gasteiger partial charge on any atom is -0.336 e. The minimum atomic E-state index is -2.86. The highest BCUT2D eigenvalue weighted by Crippen LogP contribution is 2.44. The third-order valence-corrected chi connectivity index (χ3v) is 4.17. The van der Waals surface area contributed by atoms with Gasteiger partial charge in [-0.05, 0) is 25.1 Å². The van der Waals surface area contributed by atoms with E-state index in [9.17, 15) is 9.36 Å². The molecule has 1 unspecified atom stereocenters. The van der Waals surface area contributed by atoms with Gasteiger partial charge in [-0.15, -0.1) is 0 Å².